The van der Waals surface area contributed by atoms with Crippen LogP contribution >= 0.6 is 0 Å². The van der Waals surface area contributed by atoms with E-state index < -0.39 is 5.69 Å². The average Bonchev–Trinajstić information content (AvgIpc) is 2.13. The van der Waals surface area contributed by atoms with Gasteiger partial charge < -0.3 is 10.5 Å². The van der Waals surface area contributed by atoms with E-state index in [2.05, 4.69) is 15.0 Å². The summed E-state index contributed by atoms with van der Waals surface area (Å²) in [6.07, 6.45) is 3.17. The van der Waals surface area contributed by atoms with E-state index >= 15 is 0 Å². The van der Waals surface area contributed by atoms with Crippen molar-refractivity contribution in [3.8, 4) is 0 Å². The molecule has 1 aromatic heterocycles. The molecule has 0 saturated heterocycles. The molecule has 1 saturated carbocycles. The van der Waals surface area contributed by atoms with Gasteiger partial charge in [0.2, 0.25) is 5.95 Å². The topological polar surface area (TPSA) is 93.9 Å². The highest BCUT2D eigenvalue weighted by atomic mass is 16.5. The zero-order valence-corrected chi connectivity index (χ0v) is 9.27. The normalized spacial score (nSPS) is 24.1. The number of ether oxygens (including phenoxy) is 1. The Hall–Kier alpha value is -1.43. The summed E-state index contributed by atoms with van der Waals surface area (Å²) in [4.78, 5) is 21.1. The van der Waals surface area contributed by atoms with Crippen LogP contribution in [-0.2, 0) is 11.2 Å². The molecular formula is C10H16N4O2. The minimum atomic E-state index is -0.428. The van der Waals surface area contributed by atoms with Crippen LogP contribution in [-0.4, -0.2) is 27.7 Å². The van der Waals surface area contributed by atoms with Gasteiger partial charge in [-0.05, 0) is 25.7 Å². The summed E-state index contributed by atoms with van der Waals surface area (Å²) in [5.41, 5.74) is 4.98. The number of nitrogens with two attached hydrogens (primary N) is 1. The molecule has 6 nitrogen and oxygen atoms in total. The summed E-state index contributed by atoms with van der Waals surface area (Å²) in [7, 11) is 0. The first-order valence-electron chi connectivity index (χ1n) is 5.51. The summed E-state index contributed by atoms with van der Waals surface area (Å²) in [6, 6.07) is 0. The van der Waals surface area contributed by atoms with E-state index in [4.69, 9.17) is 10.5 Å². The second-order valence-corrected chi connectivity index (χ2v) is 4.08. The lowest BCUT2D eigenvalue weighted by molar-refractivity contribution is -0.0245. The van der Waals surface area contributed by atoms with E-state index in [-0.39, 0.29) is 5.95 Å². The Kier molecular flexibility index (Phi) is 3.19. The van der Waals surface area contributed by atoms with Gasteiger partial charge in [-0.25, -0.2) is 4.79 Å². The number of hydrogen-bond donors (Lipinski definition) is 2. The van der Waals surface area contributed by atoms with Crippen molar-refractivity contribution in [2.24, 2.45) is 5.92 Å². The molecule has 0 bridgehead atoms. The predicted octanol–water partition coefficient (Wildman–Crippen LogP) is 0.105. The fourth-order valence-electron chi connectivity index (χ4n) is 2.03. The largest absolute Gasteiger partial charge is 0.378 e. The number of nitrogen functional groups attached to an aromatic ring is 1. The van der Waals surface area contributed by atoms with Crippen LogP contribution in [0.15, 0.2) is 4.79 Å². The highest BCUT2D eigenvalue weighted by molar-refractivity contribution is 5.13. The van der Waals surface area contributed by atoms with Crippen LogP contribution in [0.2, 0.25) is 0 Å². The third kappa shape index (κ3) is 2.57. The highest BCUT2D eigenvalue weighted by Gasteiger charge is 2.30. The zero-order valence-electron chi connectivity index (χ0n) is 9.27. The van der Waals surface area contributed by atoms with Gasteiger partial charge in [0.25, 0.3) is 0 Å². The number of anilines is 1. The molecule has 1 fully saturated rings. The molecule has 1 aliphatic rings. The number of hydrogen-bond acceptors (Lipinski definition) is 5. The zero-order chi connectivity index (χ0) is 11.5. The molecule has 0 aromatic carbocycles. The summed E-state index contributed by atoms with van der Waals surface area (Å²) >= 11 is 0. The van der Waals surface area contributed by atoms with E-state index in [0.29, 0.717) is 17.8 Å². The van der Waals surface area contributed by atoms with Gasteiger partial charge in [-0.3, -0.25) is 4.98 Å². The summed E-state index contributed by atoms with van der Waals surface area (Å²) in [6.45, 7) is 2.75. The quantitative estimate of drug-likeness (QED) is 0.756. The van der Waals surface area contributed by atoms with Gasteiger partial charge in [-0.2, -0.15) is 9.97 Å². The monoisotopic (exact) mass is 224 g/mol. The molecule has 6 heteroatoms. The maximum absolute atomic E-state index is 11.1. The molecular weight excluding hydrogens is 208 g/mol. The maximum Gasteiger partial charge on any atom is 0.349 e. The second kappa shape index (κ2) is 4.61. The van der Waals surface area contributed by atoms with E-state index in [1.54, 1.807) is 0 Å². The van der Waals surface area contributed by atoms with Crippen LogP contribution in [0.3, 0.4) is 0 Å². The number of H-pyrrole nitrogens is 1. The summed E-state index contributed by atoms with van der Waals surface area (Å²) < 4.78 is 5.46. The molecule has 0 atom stereocenters. The van der Waals surface area contributed by atoms with Crippen molar-refractivity contribution in [2.45, 2.75) is 32.3 Å². The SMILES string of the molecule is CCOC1CC(Cc2nc(N)nc(=O)[nH]2)C1. The van der Waals surface area contributed by atoms with Crippen molar-refractivity contribution in [2.75, 3.05) is 12.3 Å². The van der Waals surface area contributed by atoms with E-state index in [9.17, 15) is 4.79 Å². The van der Waals surface area contributed by atoms with E-state index in [0.717, 1.165) is 25.9 Å². The number of rotatable bonds is 4. The highest BCUT2D eigenvalue weighted by Crippen LogP contribution is 2.31. The Morgan fingerprint density at radius 2 is 2.25 bits per heavy atom. The first-order chi connectivity index (χ1) is 7.67. The first-order valence-corrected chi connectivity index (χ1v) is 5.51. The Bertz CT molecular complexity index is 412. The Morgan fingerprint density at radius 3 is 2.88 bits per heavy atom. The van der Waals surface area contributed by atoms with Crippen LogP contribution in [0.1, 0.15) is 25.6 Å². The van der Waals surface area contributed by atoms with Crippen molar-refractivity contribution < 1.29 is 4.74 Å². The van der Waals surface area contributed by atoms with Crippen molar-refractivity contribution >= 4 is 5.95 Å². The lowest BCUT2D eigenvalue weighted by Gasteiger charge is -2.34. The molecule has 1 aliphatic carbocycles. The van der Waals surface area contributed by atoms with Gasteiger partial charge in [0.15, 0.2) is 0 Å². The Balaban J connectivity index is 1.89. The molecule has 0 spiro atoms. The molecule has 88 valence electrons. The fraction of sp³-hybridized carbons (Fsp3) is 0.700. The number of aromatic amines is 1. The molecule has 0 amide bonds. The van der Waals surface area contributed by atoms with Gasteiger partial charge >= 0.3 is 5.69 Å². The number of nitrogens with one attached hydrogen (secondary N) is 1. The molecule has 3 N–H and O–H groups in total. The van der Waals surface area contributed by atoms with Crippen molar-refractivity contribution in [1.82, 2.24) is 15.0 Å². The van der Waals surface area contributed by atoms with Crippen LogP contribution in [0.5, 0.6) is 0 Å². The third-order valence-electron chi connectivity index (χ3n) is 2.79. The smallest absolute Gasteiger partial charge is 0.349 e. The minimum absolute atomic E-state index is 0.0411. The lowest BCUT2D eigenvalue weighted by Crippen LogP contribution is -2.33. The van der Waals surface area contributed by atoms with Crippen LogP contribution in [0, 0.1) is 5.92 Å². The van der Waals surface area contributed by atoms with Gasteiger partial charge in [0.05, 0.1) is 6.10 Å². The van der Waals surface area contributed by atoms with Crippen LogP contribution < -0.4 is 11.4 Å². The molecule has 16 heavy (non-hydrogen) atoms. The molecule has 0 radical (unpaired) electrons. The number of nitrogens with zero attached hydrogens (tertiary/aromatic N) is 2. The van der Waals surface area contributed by atoms with E-state index in [1.807, 2.05) is 6.92 Å². The maximum atomic E-state index is 11.1. The Morgan fingerprint density at radius 1 is 1.50 bits per heavy atom. The molecule has 0 unspecified atom stereocenters. The van der Waals surface area contributed by atoms with Crippen molar-refractivity contribution in [3.63, 3.8) is 0 Å². The third-order valence-corrected chi connectivity index (χ3v) is 2.79. The van der Waals surface area contributed by atoms with E-state index in [1.165, 1.54) is 0 Å². The van der Waals surface area contributed by atoms with Gasteiger partial charge in [0, 0.05) is 13.0 Å². The number of aromatic nitrogens is 3. The van der Waals surface area contributed by atoms with Gasteiger partial charge in [0.1, 0.15) is 5.82 Å². The molecule has 1 heterocycles. The second-order valence-electron chi connectivity index (χ2n) is 4.08. The van der Waals surface area contributed by atoms with Crippen LogP contribution in [0.25, 0.3) is 0 Å². The molecule has 1 aromatic rings. The Labute approximate surface area is 93.3 Å². The molecule has 0 aliphatic heterocycles. The standard InChI is InChI=1S/C10H16N4O2/c1-2-16-7-3-6(4-7)5-8-12-9(11)14-10(15)13-8/h6-7H,2-5H2,1H3,(H3,11,12,13,14,15). The summed E-state index contributed by atoms with van der Waals surface area (Å²) in [5, 5.41) is 0. The van der Waals surface area contributed by atoms with Gasteiger partial charge in [-0.15, -0.1) is 0 Å². The van der Waals surface area contributed by atoms with Crippen LogP contribution in [0.4, 0.5) is 5.95 Å². The molecule has 2 rings (SSSR count). The fourth-order valence-corrected chi connectivity index (χ4v) is 2.03. The average molecular weight is 224 g/mol. The minimum Gasteiger partial charge on any atom is -0.378 e. The van der Waals surface area contributed by atoms with Gasteiger partial charge in [-0.1, -0.05) is 0 Å². The van der Waals surface area contributed by atoms with Crippen molar-refractivity contribution in [3.05, 3.63) is 16.3 Å². The van der Waals surface area contributed by atoms with Crippen molar-refractivity contribution in [1.29, 1.82) is 0 Å². The summed E-state index contributed by atoms with van der Waals surface area (Å²) in [5.74, 6) is 1.19. The first kappa shape index (κ1) is 11.1. The predicted molar refractivity (Wildman–Crippen MR) is 58.9 cm³/mol. The lowest BCUT2D eigenvalue weighted by atomic mass is 9.80.